The van der Waals surface area contributed by atoms with Gasteiger partial charge in [0.2, 0.25) is 0 Å². The van der Waals surface area contributed by atoms with Crippen molar-refractivity contribution in [1.29, 1.82) is 0 Å². The maximum atomic E-state index is 11.3. The molecule has 1 N–H and O–H groups in total. The van der Waals surface area contributed by atoms with Crippen LogP contribution in [-0.2, 0) is 4.79 Å². The number of carboxylic acids is 1. The van der Waals surface area contributed by atoms with E-state index in [9.17, 15) is 9.90 Å². The second kappa shape index (κ2) is 4.77. The zero-order chi connectivity index (χ0) is 14.3. The number of hydrogen-bond donors (Lipinski definition) is 1. The predicted molar refractivity (Wildman–Crippen MR) is 74.8 cm³/mol. The molecule has 2 atom stereocenters. The van der Waals surface area contributed by atoms with Crippen LogP contribution in [0.15, 0.2) is 18.5 Å². The van der Waals surface area contributed by atoms with Gasteiger partial charge in [0, 0.05) is 25.5 Å². The fourth-order valence-corrected chi connectivity index (χ4v) is 2.98. The smallest absolute Gasteiger partial charge is 0.308 e. The number of anilines is 1. The molecule has 0 aliphatic carbocycles. The standard InChI is InChI=1S/C14H18N4O2/c1-9-5-11(14(19)20)8-17(7-9)13-12-6-10(2)16-18(12)4-3-15-13/h3-4,6,9,11H,5,7-8H2,1-2H3,(H,19,20). The Kier molecular flexibility index (Phi) is 3.08. The SMILES string of the molecule is Cc1cc2c(N3CC(C)CC(C(=O)O)C3)nccn2n1. The zero-order valence-electron chi connectivity index (χ0n) is 11.7. The highest BCUT2D eigenvalue weighted by Crippen LogP contribution is 2.28. The molecule has 1 aliphatic rings. The predicted octanol–water partition coefficient (Wildman–Crippen LogP) is 1.58. The molecule has 20 heavy (non-hydrogen) atoms. The lowest BCUT2D eigenvalue weighted by Crippen LogP contribution is -2.43. The summed E-state index contributed by atoms with van der Waals surface area (Å²) in [4.78, 5) is 17.8. The van der Waals surface area contributed by atoms with Gasteiger partial charge < -0.3 is 10.0 Å². The molecule has 0 spiro atoms. The summed E-state index contributed by atoms with van der Waals surface area (Å²) >= 11 is 0. The lowest BCUT2D eigenvalue weighted by Gasteiger charge is -2.35. The fraction of sp³-hybridized carbons (Fsp3) is 0.500. The van der Waals surface area contributed by atoms with Crippen LogP contribution in [0, 0.1) is 18.8 Å². The number of carboxylic acid groups (broad SMARTS) is 1. The van der Waals surface area contributed by atoms with E-state index >= 15 is 0 Å². The molecule has 0 aromatic carbocycles. The Morgan fingerprint density at radius 1 is 1.45 bits per heavy atom. The third-order valence-corrected chi connectivity index (χ3v) is 3.80. The van der Waals surface area contributed by atoms with Crippen LogP contribution in [0.4, 0.5) is 5.82 Å². The molecule has 0 bridgehead atoms. The van der Waals surface area contributed by atoms with Crippen LogP contribution in [0.3, 0.4) is 0 Å². The van der Waals surface area contributed by atoms with Gasteiger partial charge in [0.25, 0.3) is 0 Å². The Morgan fingerprint density at radius 3 is 3.00 bits per heavy atom. The molecule has 6 nitrogen and oxygen atoms in total. The van der Waals surface area contributed by atoms with Gasteiger partial charge in [-0.25, -0.2) is 9.50 Å². The fourth-order valence-electron chi connectivity index (χ4n) is 2.98. The molecule has 1 aliphatic heterocycles. The average Bonchev–Trinajstić information content (AvgIpc) is 2.77. The minimum absolute atomic E-state index is 0.329. The van der Waals surface area contributed by atoms with Crippen molar-refractivity contribution in [2.75, 3.05) is 18.0 Å². The maximum Gasteiger partial charge on any atom is 0.308 e. The van der Waals surface area contributed by atoms with Gasteiger partial charge in [0.1, 0.15) is 5.52 Å². The summed E-state index contributed by atoms with van der Waals surface area (Å²) in [5.74, 6) is 0.116. The average molecular weight is 274 g/mol. The molecule has 1 fully saturated rings. The van der Waals surface area contributed by atoms with Crippen LogP contribution in [0.5, 0.6) is 0 Å². The van der Waals surface area contributed by atoms with Crippen LogP contribution in [-0.4, -0.2) is 38.8 Å². The molecule has 0 amide bonds. The molecule has 106 valence electrons. The minimum Gasteiger partial charge on any atom is -0.481 e. The van der Waals surface area contributed by atoms with E-state index in [2.05, 4.69) is 21.9 Å². The first kappa shape index (κ1) is 12.9. The summed E-state index contributed by atoms with van der Waals surface area (Å²) < 4.78 is 1.80. The number of piperidine rings is 1. The van der Waals surface area contributed by atoms with Crippen LogP contribution in [0.1, 0.15) is 19.0 Å². The van der Waals surface area contributed by atoms with E-state index in [1.54, 1.807) is 10.7 Å². The second-order valence-electron chi connectivity index (χ2n) is 5.65. The van der Waals surface area contributed by atoms with Gasteiger partial charge in [-0.15, -0.1) is 0 Å². The van der Waals surface area contributed by atoms with Crippen molar-refractivity contribution in [1.82, 2.24) is 14.6 Å². The van der Waals surface area contributed by atoms with Crippen molar-refractivity contribution >= 4 is 17.3 Å². The summed E-state index contributed by atoms with van der Waals surface area (Å²) in [6.45, 7) is 5.37. The number of carbonyl (C=O) groups is 1. The third-order valence-electron chi connectivity index (χ3n) is 3.80. The normalized spacial score (nSPS) is 23.2. The largest absolute Gasteiger partial charge is 0.481 e. The molecular formula is C14H18N4O2. The van der Waals surface area contributed by atoms with Crippen molar-refractivity contribution in [3.05, 3.63) is 24.2 Å². The highest BCUT2D eigenvalue weighted by atomic mass is 16.4. The van der Waals surface area contributed by atoms with Crippen molar-refractivity contribution < 1.29 is 9.90 Å². The highest BCUT2D eigenvalue weighted by molar-refractivity contribution is 5.73. The van der Waals surface area contributed by atoms with E-state index in [1.807, 2.05) is 19.2 Å². The number of fused-ring (bicyclic) bond motifs is 1. The van der Waals surface area contributed by atoms with E-state index in [1.165, 1.54) is 0 Å². The summed E-state index contributed by atoms with van der Waals surface area (Å²) in [6.07, 6.45) is 4.25. The van der Waals surface area contributed by atoms with Crippen molar-refractivity contribution in [2.24, 2.45) is 11.8 Å². The highest BCUT2D eigenvalue weighted by Gasteiger charge is 2.31. The minimum atomic E-state index is -0.724. The van der Waals surface area contributed by atoms with Crippen molar-refractivity contribution in [3.63, 3.8) is 0 Å². The number of aromatic nitrogens is 3. The number of rotatable bonds is 2. The van der Waals surface area contributed by atoms with Crippen LogP contribution in [0.2, 0.25) is 0 Å². The van der Waals surface area contributed by atoms with Gasteiger partial charge in [-0.1, -0.05) is 6.92 Å². The molecule has 1 saturated heterocycles. The molecule has 3 heterocycles. The van der Waals surface area contributed by atoms with Gasteiger partial charge in [-0.05, 0) is 25.3 Å². The molecule has 6 heteroatoms. The van der Waals surface area contributed by atoms with Crippen molar-refractivity contribution in [3.8, 4) is 0 Å². The van der Waals surface area contributed by atoms with Gasteiger partial charge >= 0.3 is 5.97 Å². The molecule has 2 aromatic rings. The number of aryl methyl sites for hydroxylation is 1. The summed E-state index contributed by atoms with van der Waals surface area (Å²) in [5.41, 5.74) is 1.86. The lowest BCUT2D eigenvalue weighted by atomic mass is 9.90. The molecule has 0 saturated carbocycles. The molecule has 0 radical (unpaired) electrons. The van der Waals surface area contributed by atoms with Crippen LogP contribution in [0.25, 0.3) is 5.52 Å². The Hall–Kier alpha value is -2.11. The van der Waals surface area contributed by atoms with Gasteiger partial charge in [0.15, 0.2) is 5.82 Å². The molecule has 2 aromatic heterocycles. The number of hydrogen-bond acceptors (Lipinski definition) is 4. The van der Waals surface area contributed by atoms with Crippen LogP contribution < -0.4 is 4.90 Å². The third kappa shape index (κ3) is 2.21. The van der Waals surface area contributed by atoms with Crippen LogP contribution >= 0.6 is 0 Å². The number of nitrogens with zero attached hydrogens (tertiary/aromatic N) is 4. The Morgan fingerprint density at radius 2 is 2.25 bits per heavy atom. The van der Waals surface area contributed by atoms with E-state index in [0.29, 0.717) is 12.5 Å². The topological polar surface area (TPSA) is 70.7 Å². The molecule has 3 rings (SSSR count). The van der Waals surface area contributed by atoms with E-state index in [0.717, 1.165) is 30.0 Å². The molecule has 2 unspecified atom stereocenters. The summed E-state index contributed by atoms with van der Waals surface area (Å²) in [5, 5.41) is 13.6. The summed E-state index contributed by atoms with van der Waals surface area (Å²) in [7, 11) is 0. The zero-order valence-corrected chi connectivity index (χ0v) is 11.7. The Balaban J connectivity index is 1.99. The Labute approximate surface area is 117 Å². The Bertz CT molecular complexity index is 652. The molecular weight excluding hydrogens is 256 g/mol. The van der Waals surface area contributed by atoms with Gasteiger partial charge in [-0.2, -0.15) is 5.10 Å². The second-order valence-corrected chi connectivity index (χ2v) is 5.65. The van der Waals surface area contributed by atoms with Crippen molar-refractivity contribution in [2.45, 2.75) is 20.3 Å². The van der Waals surface area contributed by atoms with E-state index < -0.39 is 5.97 Å². The maximum absolute atomic E-state index is 11.3. The first-order valence-corrected chi connectivity index (χ1v) is 6.83. The summed E-state index contributed by atoms with van der Waals surface area (Å²) in [6, 6.07) is 1.98. The monoisotopic (exact) mass is 274 g/mol. The first-order chi connectivity index (χ1) is 9.54. The lowest BCUT2D eigenvalue weighted by molar-refractivity contribution is -0.142. The quantitative estimate of drug-likeness (QED) is 0.900. The van der Waals surface area contributed by atoms with E-state index in [-0.39, 0.29) is 5.92 Å². The van der Waals surface area contributed by atoms with Gasteiger partial charge in [-0.3, -0.25) is 4.79 Å². The first-order valence-electron chi connectivity index (χ1n) is 6.83. The van der Waals surface area contributed by atoms with Gasteiger partial charge in [0.05, 0.1) is 11.6 Å². The van der Waals surface area contributed by atoms with E-state index in [4.69, 9.17) is 0 Å². The number of aliphatic carboxylic acids is 1.